The number of fused-ring (bicyclic) bond motifs is 1. The van der Waals surface area contributed by atoms with E-state index in [2.05, 4.69) is 6.58 Å². The number of hydrogen-bond donors (Lipinski definition) is 1. The third-order valence-corrected chi connectivity index (χ3v) is 4.12. The molecular formula is C14H21NO4. The topological polar surface area (TPSA) is 66.8 Å². The van der Waals surface area contributed by atoms with E-state index in [0.29, 0.717) is 18.9 Å². The molecule has 106 valence electrons. The third kappa shape index (κ3) is 2.97. The highest BCUT2D eigenvalue weighted by Gasteiger charge is 2.47. The van der Waals surface area contributed by atoms with E-state index in [0.717, 1.165) is 25.7 Å². The number of aliphatic carboxylic acids is 1. The highest BCUT2D eigenvalue weighted by Crippen LogP contribution is 2.39. The van der Waals surface area contributed by atoms with Gasteiger partial charge in [-0.1, -0.05) is 18.9 Å². The van der Waals surface area contributed by atoms with Gasteiger partial charge in [0.2, 0.25) is 5.91 Å². The Kier molecular flexibility index (Phi) is 4.58. The van der Waals surface area contributed by atoms with Crippen molar-refractivity contribution in [2.24, 2.45) is 5.92 Å². The molecule has 5 nitrogen and oxygen atoms in total. The Bertz CT molecular complexity index is 368. The minimum atomic E-state index is -0.897. The van der Waals surface area contributed by atoms with Gasteiger partial charge in [-0.2, -0.15) is 0 Å². The quantitative estimate of drug-likeness (QED) is 0.604. The van der Waals surface area contributed by atoms with Crippen LogP contribution in [0.1, 0.15) is 32.1 Å². The van der Waals surface area contributed by atoms with Crippen LogP contribution in [0, 0.1) is 5.92 Å². The maximum Gasteiger partial charge on any atom is 0.326 e. The molecule has 1 saturated carbocycles. The summed E-state index contributed by atoms with van der Waals surface area (Å²) in [6.45, 7) is 3.77. The van der Waals surface area contributed by atoms with Crippen LogP contribution in [0.25, 0.3) is 0 Å². The number of carbonyl (C=O) groups excluding carboxylic acids is 1. The van der Waals surface area contributed by atoms with E-state index in [1.54, 1.807) is 11.0 Å². The lowest BCUT2D eigenvalue weighted by molar-refractivity contribution is -0.151. The van der Waals surface area contributed by atoms with E-state index in [-0.39, 0.29) is 18.6 Å². The summed E-state index contributed by atoms with van der Waals surface area (Å²) in [5.74, 6) is -0.756. The van der Waals surface area contributed by atoms with Crippen LogP contribution in [0.15, 0.2) is 12.7 Å². The third-order valence-electron chi connectivity index (χ3n) is 4.12. The van der Waals surface area contributed by atoms with Crippen LogP contribution in [-0.2, 0) is 14.3 Å². The number of ether oxygens (including phenoxy) is 1. The van der Waals surface area contributed by atoms with E-state index in [4.69, 9.17) is 4.74 Å². The highest BCUT2D eigenvalue weighted by molar-refractivity contribution is 5.85. The monoisotopic (exact) mass is 267 g/mol. The zero-order valence-electron chi connectivity index (χ0n) is 11.1. The van der Waals surface area contributed by atoms with Crippen molar-refractivity contribution in [3.63, 3.8) is 0 Å². The standard InChI is InChI=1S/C14H21NO4/c1-2-7-19-9-13(16)15-11-6-4-3-5-10(11)8-12(15)14(17)18/h2,10-12H,1,3-9H2,(H,17,18). The van der Waals surface area contributed by atoms with E-state index in [1.165, 1.54) is 0 Å². The van der Waals surface area contributed by atoms with Gasteiger partial charge < -0.3 is 14.7 Å². The number of carboxylic acids is 1. The number of carboxylic acid groups (broad SMARTS) is 1. The fourth-order valence-corrected chi connectivity index (χ4v) is 3.34. The Morgan fingerprint density at radius 2 is 2.11 bits per heavy atom. The molecule has 2 rings (SSSR count). The first kappa shape index (κ1) is 14.1. The number of likely N-dealkylation sites (tertiary alicyclic amines) is 1. The maximum atomic E-state index is 12.2. The molecular weight excluding hydrogens is 246 g/mol. The van der Waals surface area contributed by atoms with Crippen LogP contribution < -0.4 is 0 Å². The lowest BCUT2D eigenvalue weighted by atomic mass is 9.85. The minimum Gasteiger partial charge on any atom is -0.480 e. The summed E-state index contributed by atoms with van der Waals surface area (Å²) in [5.41, 5.74) is 0. The summed E-state index contributed by atoms with van der Waals surface area (Å²) in [6, 6.07) is -0.581. The molecule has 1 aliphatic heterocycles. The molecule has 2 fully saturated rings. The maximum absolute atomic E-state index is 12.2. The molecule has 3 atom stereocenters. The highest BCUT2D eigenvalue weighted by atomic mass is 16.5. The molecule has 1 amide bonds. The van der Waals surface area contributed by atoms with Crippen molar-refractivity contribution < 1.29 is 19.4 Å². The van der Waals surface area contributed by atoms with Gasteiger partial charge in [-0.05, 0) is 25.2 Å². The van der Waals surface area contributed by atoms with Gasteiger partial charge in [0.1, 0.15) is 12.6 Å². The first-order valence-corrected chi connectivity index (χ1v) is 6.87. The van der Waals surface area contributed by atoms with Crippen molar-refractivity contribution >= 4 is 11.9 Å². The zero-order chi connectivity index (χ0) is 13.8. The molecule has 0 spiro atoms. The molecule has 1 saturated heterocycles. The van der Waals surface area contributed by atoms with Gasteiger partial charge in [0, 0.05) is 6.04 Å². The summed E-state index contributed by atoms with van der Waals surface area (Å²) in [5, 5.41) is 9.30. The summed E-state index contributed by atoms with van der Waals surface area (Å²) < 4.78 is 5.16. The van der Waals surface area contributed by atoms with Crippen LogP contribution in [0.2, 0.25) is 0 Å². The largest absolute Gasteiger partial charge is 0.480 e. The molecule has 0 aromatic heterocycles. The Morgan fingerprint density at radius 3 is 2.79 bits per heavy atom. The number of hydrogen-bond acceptors (Lipinski definition) is 3. The Balaban J connectivity index is 2.06. The average molecular weight is 267 g/mol. The Morgan fingerprint density at radius 1 is 1.37 bits per heavy atom. The van der Waals surface area contributed by atoms with E-state index in [1.807, 2.05) is 0 Å². The van der Waals surface area contributed by atoms with Crippen molar-refractivity contribution in [3.8, 4) is 0 Å². The van der Waals surface area contributed by atoms with Crippen LogP contribution in [0.3, 0.4) is 0 Å². The molecule has 1 N–H and O–H groups in total. The summed E-state index contributed by atoms with van der Waals surface area (Å²) >= 11 is 0. The second-order valence-electron chi connectivity index (χ2n) is 5.31. The smallest absolute Gasteiger partial charge is 0.326 e. The Labute approximate surface area is 113 Å². The molecule has 0 radical (unpaired) electrons. The fourth-order valence-electron chi connectivity index (χ4n) is 3.34. The van der Waals surface area contributed by atoms with E-state index >= 15 is 0 Å². The van der Waals surface area contributed by atoms with Crippen molar-refractivity contribution in [1.82, 2.24) is 4.90 Å². The van der Waals surface area contributed by atoms with Crippen LogP contribution in [0.5, 0.6) is 0 Å². The molecule has 3 unspecified atom stereocenters. The summed E-state index contributed by atoms with van der Waals surface area (Å²) in [7, 11) is 0. The average Bonchev–Trinajstić information content (AvgIpc) is 2.78. The fraction of sp³-hybridized carbons (Fsp3) is 0.714. The second kappa shape index (κ2) is 6.19. The molecule has 1 aliphatic carbocycles. The molecule has 0 aromatic rings. The number of carbonyl (C=O) groups is 2. The molecule has 5 heteroatoms. The number of amides is 1. The van der Waals surface area contributed by atoms with Crippen molar-refractivity contribution in [2.45, 2.75) is 44.2 Å². The minimum absolute atomic E-state index is 0.0565. The summed E-state index contributed by atoms with van der Waals surface area (Å²) in [6.07, 6.45) is 6.34. The number of rotatable bonds is 5. The molecule has 0 bridgehead atoms. The van der Waals surface area contributed by atoms with Crippen LogP contribution >= 0.6 is 0 Å². The molecule has 2 aliphatic rings. The Hall–Kier alpha value is -1.36. The predicted molar refractivity (Wildman–Crippen MR) is 69.6 cm³/mol. The van der Waals surface area contributed by atoms with Gasteiger partial charge in [-0.15, -0.1) is 6.58 Å². The molecule has 1 heterocycles. The van der Waals surface area contributed by atoms with Crippen molar-refractivity contribution in [2.75, 3.05) is 13.2 Å². The van der Waals surface area contributed by atoms with Gasteiger partial charge >= 0.3 is 5.97 Å². The van der Waals surface area contributed by atoms with Gasteiger partial charge in [0.15, 0.2) is 0 Å². The molecule has 19 heavy (non-hydrogen) atoms. The van der Waals surface area contributed by atoms with Gasteiger partial charge in [-0.25, -0.2) is 4.79 Å². The van der Waals surface area contributed by atoms with Crippen molar-refractivity contribution in [3.05, 3.63) is 12.7 Å². The lowest BCUT2D eigenvalue weighted by Gasteiger charge is -2.32. The van der Waals surface area contributed by atoms with Gasteiger partial charge in [0.05, 0.1) is 6.61 Å². The zero-order valence-corrected chi connectivity index (χ0v) is 11.1. The molecule has 0 aromatic carbocycles. The number of nitrogens with zero attached hydrogens (tertiary/aromatic N) is 1. The van der Waals surface area contributed by atoms with Crippen LogP contribution in [-0.4, -0.2) is 47.2 Å². The predicted octanol–water partition coefficient (Wildman–Crippen LogP) is 1.43. The summed E-state index contributed by atoms with van der Waals surface area (Å²) in [4.78, 5) is 25.1. The van der Waals surface area contributed by atoms with Gasteiger partial charge in [-0.3, -0.25) is 4.79 Å². The lowest BCUT2D eigenvalue weighted by Crippen LogP contribution is -2.47. The van der Waals surface area contributed by atoms with Gasteiger partial charge in [0.25, 0.3) is 0 Å². The van der Waals surface area contributed by atoms with E-state index in [9.17, 15) is 14.7 Å². The first-order valence-electron chi connectivity index (χ1n) is 6.87. The first-order chi connectivity index (χ1) is 9.15. The second-order valence-corrected chi connectivity index (χ2v) is 5.31. The normalized spacial score (nSPS) is 29.9. The van der Waals surface area contributed by atoms with E-state index < -0.39 is 12.0 Å². The SMILES string of the molecule is C=CCOCC(=O)N1C(C(=O)O)CC2CCCCC21. The van der Waals surface area contributed by atoms with Crippen molar-refractivity contribution in [1.29, 1.82) is 0 Å². The van der Waals surface area contributed by atoms with Crippen LogP contribution in [0.4, 0.5) is 0 Å².